The molecule has 3 N–H and O–H groups in total. The second kappa shape index (κ2) is 12.1. The number of hydrogen-bond donors (Lipinski definition) is 3. The number of halogens is 2. The molecule has 39 heavy (non-hydrogen) atoms. The fraction of sp³-hybridized carbons (Fsp3) is 0.111. The summed E-state index contributed by atoms with van der Waals surface area (Å²) >= 11 is 6.25. The standard InChI is InChI=1S/C27H22ClFN4O6/c1-38-18-9-7-17(8-10-18)30-24(34)14-33-26(36)22(32-27(33)37)13-16-6-11-23(19(28)12-16)39-15-25(35)31-21-5-3-2-4-20(21)29/h2-13H,14-15H2,1H3,(H,30,34)(H,31,35)(H,32,37)/b22-13-. The van der Waals surface area contributed by atoms with Crippen LogP contribution < -0.4 is 25.4 Å². The molecule has 0 atom stereocenters. The lowest BCUT2D eigenvalue weighted by molar-refractivity contribution is -0.127. The highest BCUT2D eigenvalue weighted by molar-refractivity contribution is 6.32. The number of urea groups is 1. The molecule has 1 heterocycles. The number of methoxy groups -OCH3 is 1. The van der Waals surface area contributed by atoms with Crippen LogP contribution in [-0.2, 0) is 14.4 Å². The molecule has 0 aromatic heterocycles. The normalized spacial score (nSPS) is 13.7. The lowest BCUT2D eigenvalue weighted by atomic mass is 10.2. The van der Waals surface area contributed by atoms with E-state index in [1.165, 1.54) is 43.5 Å². The fourth-order valence-electron chi connectivity index (χ4n) is 3.52. The summed E-state index contributed by atoms with van der Waals surface area (Å²) < 4.78 is 24.2. The van der Waals surface area contributed by atoms with Gasteiger partial charge in [0.05, 0.1) is 17.8 Å². The molecule has 0 aliphatic carbocycles. The van der Waals surface area contributed by atoms with Crippen molar-refractivity contribution in [3.05, 3.63) is 88.8 Å². The van der Waals surface area contributed by atoms with Crippen molar-refractivity contribution in [2.24, 2.45) is 0 Å². The molecule has 3 aromatic carbocycles. The zero-order valence-corrected chi connectivity index (χ0v) is 21.3. The summed E-state index contributed by atoms with van der Waals surface area (Å²) in [6.07, 6.45) is 1.39. The number of ether oxygens (including phenoxy) is 2. The molecule has 1 fully saturated rings. The number of para-hydroxylation sites is 1. The van der Waals surface area contributed by atoms with Crippen molar-refractivity contribution in [1.82, 2.24) is 10.2 Å². The van der Waals surface area contributed by atoms with Crippen molar-refractivity contribution in [2.75, 3.05) is 30.9 Å². The Hall–Kier alpha value is -4.90. The smallest absolute Gasteiger partial charge is 0.329 e. The third kappa shape index (κ3) is 6.90. The summed E-state index contributed by atoms with van der Waals surface area (Å²) in [4.78, 5) is 50.3. The zero-order valence-electron chi connectivity index (χ0n) is 20.5. The third-order valence-electron chi connectivity index (χ3n) is 5.41. The van der Waals surface area contributed by atoms with Gasteiger partial charge in [0.25, 0.3) is 11.8 Å². The maximum atomic E-state index is 13.7. The number of amides is 5. The van der Waals surface area contributed by atoms with E-state index in [4.69, 9.17) is 21.1 Å². The van der Waals surface area contributed by atoms with Crippen molar-refractivity contribution >= 4 is 52.8 Å². The Balaban J connectivity index is 1.34. The largest absolute Gasteiger partial charge is 0.497 e. The first kappa shape index (κ1) is 27.1. The number of rotatable bonds is 9. The van der Waals surface area contributed by atoms with Crippen LogP contribution in [0.3, 0.4) is 0 Å². The van der Waals surface area contributed by atoms with E-state index in [9.17, 15) is 23.6 Å². The summed E-state index contributed by atoms with van der Waals surface area (Å²) in [5.41, 5.74) is 0.905. The molecule has 1 aliphatic heterocycles. The Labute approximate surface area is 227 Å². The van der Waals surface area contributed by atoms with E-state index >= 15 is 0 Å². The first-order valence-electron chi connectivity index (χ1n) is 11.5. The molecule has 0 unspecified atom stereocenters. The number of nitrogens with one attached hydrogen (secondary N) is 3. The lowest BCUT2D eigenvalue weighted by Gasteiger charge is -2.12. The van der Waals surface area contributed by atoms with Crippen molar-refractivity contribution in [1.29, 1.82) is 0 Å². The van der Waals surface area contributed by atoms with Crippen LogP contribution in [0.15, 0.2) is 72.4 Å². The van der Waals surface area contributed by atoms with Crippen LogP contribution in [0.25, 0.3) is 6.08 Å². The van der Waals surface area contributed by atoms with E-state index in [0.717, 1.165) is 4.90 Å². The minimum absolute atomic E-state index is 0.0229. The van der Waals surface area contributed by atoms with Crippen molar-refractivity contribution < 1.29 is 33.0 Å². The highest BCUT2D eigenvalue weighted by Gasteiger charge is 2.35. The maximum Gasteiger partial charge on any atom is 0.329 e. The quantitative estimate of drug-likeness (QED) is 0.272. The van der Waals surface area contributed by atoms with E-state index in [1.54, 1.807) is 36.4 Å². The van der Waals surface area contributed by atoms with E-state index in [0.29, 0.717) is 17.0 Å². The van der Waals surface area contributed by atoms with Gasteiger partial charge in [-0.1, -0.05) is 29.8 Å². The van der Waals surface area contributed by atoms with Crippen LogP contribution in [-0.4, -0.2) is 48.9 Å². The van der Waals surface area contributed by atoms with Gasteiger partial charge >= 0.3 is 6.03 Å². The van der Waals surface area contributed by atoms with Crippen LogP contribution in [0.5, 0.6) is 11.5 Å². The van der Waals surface area contributed by atoms with Gasteiger partial charge < -0.3 is 25.4 Å². The Morgan fingerprint density at radius 3 is 2.46 bits per heavy atom. The van der Waals surface area contributed by atoms with Gasteiger partial charge in [-0.25, -0.2) is 14.1 Å². The van der Waals surface area contributed by atoms with Gasteiger partial charge in [0.15, 0.2) is 6.61 Å². The van der Waals surface area contributed by atoms with Gasteiger partial charge in [-0.2, -0.15) is 0 Å². The topological polar surface area (TPSA) is 126 Å². The number of carbonyl (C=O) groups is 4. The summed E-state index contributed by atoms with van der Waals surface area (Å²) in [5.74, 6) is -1.62. The SMILES string of the molecule is COc1ccc(NC(=O)CN2C(=O)N/C(=C\c3ccc(OCC(=O)Nc4ccccc4F)c(Cl)c3)C2=O)cc1. The minimum Gasteiger partial charge on any atom is -0.497 e. The molecule has 4 rings (SSSR count). The predicted octanol–water partition coefficient (Wildman–Crippen LogP) is 4.04. The number of benzene rings is 3. The summed E-state index contributed by atoms with van der Waals surface area (Å²) in [6, 6.07) is 16.0. The predicted molar refractivity (Wildman–Crippen MR) is 142 cm³/mol. The van der Waals surface area contributed by atoms with Gasteiger partial charge in [-0.3, -0.25) is 14.4 Å². The number of imide groups is 1. The van der Waals surface area contributed by atoms with Crippen molar-refractivity contribution in [2.45, 2.75) is 0 Å². The van der Waals surface area contributed by atoms with Crippen molar-refractivity contribution in [3.63, 3.8) is 0 Å². The van der Waals surface area contributed by atoms with Crippen LogP contribution in [0.1, 0.15) is 5.56 Å². The molecule has 5 amide bonds. The third-order valence-corrected chi connectivity index (χ3v) is 5.71. The zero-order chi connectivity index (χ0) is 27.9. The van der Waals surface area contributed by atoms with Crippen molar-refractivity contribution in [3.8, 4) is 11.5 Å². The Morgan fingerprint density at radius 1 is 1.03 bits per heavy atom. The van der Waals surface area contributed by atoms with Gasteiger partial charge in [-0.15, -0.1) is 0 Å². The summed E-state index contributed by atoms with van der Waals surface area (Å²) in [5, 5.41) is 7.57. The molecular weight excluding hydrogens is 531 g/mol. The molecule has 1 aliphatic rings. The van der Waals surface area contributed by atoms with Gasteiger partial charge in [0.2, 0.25) is 5.91 Å². The summed E-state index contributed by atoms with van der Waals surface area (Å²) in [6.45, 7) is -0.910. The first-order valence-corrected chi connectivity index (χ1v) is 11.9. The van der Waals surface area contributed by atoms with Gasteiger partial charge in [-0.05, 0) is 60.2 Å². The lowest BCUT2D eigenvalue weighted by Crippen LogP contribution is -2.38. The average Bonchev–Trinajstić information content (AvgIpc) is 3.17. The molecule has 12 heteroatoms. The Bertz CT molecular complexity index is 1460. The molecule has 200 valence electrons. The molecule has 0 spiro atoms. The van der Waals surface area contributed by atoms with Crippen LogP contribution in [0.4, 0.5) is 20.6 Å². The number of nitrogens with zero attached hydrogens (tertiary/aromatic N) is 1. The van der Waals surface area contributed by atoms with Crippen LogP contribution in [0.2, 0.25) is 5.02 Å². The van der Waals surface area contributed by atoms with Gasteiger partial charge in [0, 0.05) is 5.69 Å². The fourth-order valence-corrected chi connectivity index (χ4v) is 3.76. The molecule has 0 radical (unpaired) electrons. The monoisotopic (exact) mass is 552 g/mol. The first-order chi connectivity index (χ1) is 18.7. The Kier molecular flexibility index (Phi) is 8.42. The van der Waals surface area contributed by atoms with E-state index in [2.05, 4.69) is 16.0 Å². The number of anilines is 2. The number of carbonyl (C=O) groups excluding carboxylic acids is 4. The van der Waals surface area contributed by atoms with E-state index in [-0.39, 0.29) is 22.2 Å². The molecule has 1 saturated heterocycles. The van der Waals surface area contributed by atoms with Gasteiger partial charge in [0.1, 0.15) is 29.6 Å². The minimum atomic E-state index is -0.747. The van der Waals surface area contributed by atoms with E-state index < -0.39 is 42.7 Å². The molecule has 0 saturated carbocycles. The molecule has 3 aromatic rings. The highest BCUT2D eigenvalue weighted by atomic mass is 35.5. The maximum absolute atomic E-state index is 13.7. The Morgan fingerprint density at radius 2 is 1.77 bits per heavy atom. The van der Waals surface area contributed by atoms with Crippen LogP contribution in [0, 0.1) is 5.82 Å². The molecule has 10 nitrogen and oxygen atoms in total. The second-order valence-electron chi connectivity index (χ2n) is 8.16. The average molecular weight is 553 g/mol. The second-order valence-corrected chi connectivity index (χ2v) is 8.57. The molecular formula is C27H22ClFN4O6. The molecule has 0 bridgehead atoms. The van der Waals surface area contributed by atoms with E-state index in [1.807, 2.05) is 0 Å². The van der Waals surface area contributed by atoms with Crippen LogP contribution >= 0.6 is 11.6 Å². The summed E-state index contributed by atoms with van der Waals surface area (Å²) in [7, 11) is 1.52. The highest BCUT2D eigenvalue weighted by Crippen LogP contribution is 2.27. The number of hydrogen-bond acceptors (Lipinski definition) is 6.